The Hall–Kier alpha value is -3.29. The second-order valence-electron chi connectivity index (χ2n) is 9.02. The highest BCUT2D eigenvalue weighted by molar-refractivity contribution is 6.35. The number of halogens is 2. The molecule has 9 heteroatoms. The van der Waals surface area contributed by atoms with Crippen LogP contribution in [0, 0.1) is 5.92 Å². The summed E-state index contributed by atoms with van der Waals surface area (Å²) in [6.07, 6.45) is 0.306. The number of Topliss-reactive ketones (excluding diaryl/α,β-unsaturated/α-hetero) is 1. The molecular weight excluding hydrogens is 529 g/mol. The van der Waals surface area contributed by atoms with Crippen molar-refractivity contribution < 1.29 is 28.6 Å². The van der Waals surface area contributed by atoms with Gasteiger partial charge in [-0.25, -0.2) is 4.79 Å². The van der Waals surface area contributed by atoms with E-state index in [1.54, 1.807) is 52.1 Å². The fourth-order valence-corrected chi connectivity index (χ4v) is 5.85. The van der Waals surface area contributed by atoms with Gasteiger partial charge >= 0.3 is 11.9 Å². The Morgan fingerprint density at radius 2 is 1.74 bits per heavy atom. The van der Waals surface area contributed by atoms with Crippen LogP contribution in [0.15, 0.2) is 65.0 Å². The summed E-state index contributed by atoms with van der Waals surface area (Å²) in [5.41, 5.74) is 2.91. The average Bonchev–Trinajstić information content (AvgIpc) is 2.88. The Morgan fingerprint density at radius 1 is 1.03 bits per heavy atom. The highest BCUT2D eigenvalue weighted by Gasteiger charge is 2.50. The van der Waals surface area contributed by atoms with Crippen molar-refractivity contribution in [3.63, 3.8) is 0 Å². The molecule has 1 aliphatic heterocycles. The van der Waals surface area contributed by atoms with Gasteiger partial charge in [-0.2, -0.15) is 0 Å². The molecule has 2 aromatic rings. The molecule has 0 unspecified atom stereocenters. The molecule has 0 bridgehead atoms. The minimum Gasteiger partial charge on any atom is -0.496 e. The number of hydrogen-bond donors (Lipinski definition) is 1. The van der Waals surface area contributed by atoms with Crippen molar-refractivity contribution in [2.24, 2.45) is 5.92 Å². The highest BCUT2D eigenvalue weighted by Crippen LogP contribution is 2.50. The minimum absolute atomic E-state index is 0.116. The SMILES string of the molecule is CCOC(=O)C1=C(C)NC2=C(C(=O)[C@H](C(=O)OCC)[C@@H](c3ccccc3OC)C2)[C@@H]1c1ccc(Cl)cc1Cl. The summed E-state index contributed by atoms with van der Waals surface area (Å²) in [5.74, 6) is -3.66. The molecule has 0 amide bonds. The Labute approximate surface area is 231 Å². The number of carbonyl (C=O) groups is 3. The van der Waals surface area contributed by atoms with Gasteiger partial charge in [-0.05, 0) is 56.5 Å². The number of rotatable bonds is 7. The van der Waals surface area contributed by atoms with Gasteiger partial charge < -0.3 is 19.5 Å². The van der Waals surface area contributed by atoms with Crippen molar-refractivity contribution in [2.75, 3.05) is 20.3 Å². The van der Waals surface area contributed by atoms with Crippen LogP contribution in [0.25, 0.3) is 0 Å². The van der Waals surface area contributed by atoms with Crippen LogP contribution in [0.2, 0.25) is 10.0 Å². The molecular formula is C29H29Cl2NO6. The van der Waals surface area contributed by atoms with Crippen LogP contribution < -0.4 is 10.1 Å². The lowest BCUT2D eigenvalue weighted by molar-refractivity contribution is -0.152. The number of carbonyl (C=O) groups excluding carboxylic acids is 3. The molecule has 1 N–H and O–H groups in total. The highest BCUT2D eigenvalue weighted by atomic mass is 35.5. The van der Waals surface area contributed by atoms with Crippen molar-refractivity contribution in [2.45, 2.75) is 39.0 Å². The van der Waals surface area contributed by atoms with Crippen molar-refractivity contribution in [1.82, 2.24) is 5.32 Å². The Bertz CT molecular complexity index is 1350. The molecule has 3 atom stereocenters. The second-order valence-corrected chi connectivity index (χ2v) is 9.87. The number of nitrogens with one attached hydrogen (secondary N) is 1. The maximum absolute atomic E-state index is 14.4. The molecule has 200 valence electrons. The number of ketones is 1. The first-order valence-electron chi connectivity index (χ1n) is 12.4. The standard InChI is InChI=1S/C29H29Cl2NO6/c1-5-37-28(34)23-15(3)32-21-14-19(17-9-7-8-10-22(17)36-4)25(29(35)38-6-2)27(33)26(21)24(23)18-12-11-16(30)13-20(18)31/h7-13,19,24-25,32H,5-6,14H2,1-4H3/t19-,24-,25-/m1/s1. The van der Waals surface area contributed by atoms with Crippen molar-refractivity contribution in [3.8, 4) is 5.75 Å². The van der Waals surface area contributed by atoms with Gasteiger partial charge in [-0.15, -0.1) is 0 Å². The van der Waals surface area contributed by atoms with Gasteiger partial charge in [-0.3, -0.25) is 9.59 Å². The summed E-state index contributed by atoms with van der Waals surface area (Å²) >= 11 is 12.8. The average molecular weight is 558 g/mol. The number of dihydropyridines is 1. The van der Waals surface area contributed by atoms with Crippen LogP contribution in [0.5, 0.6) is 5.75 Å². The Balaban J connectivity index is 1.95. The lowest BCUT2D eigenvalue weighted by Gasteiger charge is -2.39. The molecule has 2 aromatic carbocycles. The number of ether oxygens (including phenoxy) is 3. The largest absolute Gasteiger partial charge is 0.496 e. The zero-order chi connectivity index (χ0) is 27.6. The van der Waals surface area contributed by atoms with E-state index in [9.17, 15) is 14.4 Å². The molecule has 2 aliphatic rings. The van der Waals surface area contributed by atoms with E-state index in [1.807, 2.05) is 18.2 Å². The topological polar surface area (TPSA) is 90.9 Å². The van der Waals surface area contributed by atoms with Crippen LogP contribution in [0.3, 0.4) is 0 Å². The minimum atomic E-state index is -1.15. The van der Waals surface area contributed by atoms with E-state index in [4.69, 9.17) is 37.4 Å². The van der Waals surface area contributed by atoms with Crippen molar-refractivity contribution in [1.29, 1.82) is 0 Å². The zero-order valence-electron chi connectivity index (χ0n) is 21.6. The number of methoxy groups -OCH3 is 1. The normalized spacial score (nSPS) is 21.0. The summed E-state index contributed by atoms with van der Waals surface area (Å²) in [6.45, 7) is 5.42. The predicted molar refractivity (Wildman–Crippen MR) is 144 cm³/mol. The smallest absolute Gasteiger partial charge is 0.336 e. The number of esters is 2. The van der Waals surface area contributed by atoms with Gasteiger partial charge in [-0.1, -0.05) is 47.5 Å². The third-order valence-corrected chi connectivity index (χ3v) is 7.43. The summed E-state index contributed by atoms with van der Waals surface area (Å²) in [4.78, 5) is 40.9. The first-order chi connectivity index (χ1) is 18.2. The summed E-state index contributed by atoms with van der Waals surface area (Å²) in [7, 11) is 1.55. The first kappa shape index (κ1) is 27.7. The van der Waals surface area contributed by atoms with Gasteiger partial charge in [0.2, 0.25) is 0 Å². The van der Waals surface area contributed by atoms with E-state index in [0.717, 1.165) is 0 Å². The van der Waals surface area contributed by atoms with E-state index in [-0.39, 0.29) is 29.4 Å². The van der Waals surface area contributed by atoms with Crippen LogP contribution >= 0.6 is 23.2 Å². The second kappa shape index (κ2) is 11.6. The van der Waals surface area contributed by atoms with Gasteiger partial charge in [0.15, 0.2) is 5.78 Å². The van der Waals surface area contributed by atoms with Crippen molar-refractivity contribution in [3.05, 3.63) is 86.2 Å². The number of para-hydroxylation sites is 1. The fraction of sp³-hybridized carbons (Fsp3) is 0.345. The van der Waals surface area contributed by atoms with E-state index in [0.29, 0.717) is 39.7 Å². The molecule has 4 rings (SSSR count). The molecule has 1 heterocycles. The summed E-state index contributed by atoms with van der Waals surface area (Å²) < 4.78 is 16.3. The summed E-state index contributed by atoms with van der Waals surface area (Å²) in [6, 6.07) is 12.2. The lowest BCUT2D eigenvalue weighted by Crippen LogP contribution is -2.43. The van der Waals surface area contributed by atoms with Crippen molar-refractivity contribution >= 4 is 40.9 Å². The fourth-order valence-electron chi connectivity index (χ4n) is 5.33. The number of benzene rings is 2. The van der Waals surface area contributed by atoms with E-state index >= 15 is 0 Å². The van der Waals surface area contributed by atoms with Crippen LogP contribution in [0.4, 0.5) is 0 Å². The van der Waals surface area contributed by atoms with Gasteiger partial charge in [0.05, 0.1) is 25.9 Å². The Kier molecular flexibility index (Phi) is 8.48. The Morgan fingerprint density at radius 3 is 2.39 bits per heavy atom. The van der Waals surface area contributed by atoms with E-state index in [1.165, 1.54) is 0 Å². The number of hydrogen-bond acceptors (Lipinski definition) is 7. The molecule has 7 nitrogen and oxygen atoms in total. The van der Waals surface area contributed by atoms with Gasteiger partial charge in [0, 0.05) is 38.8 Å². The zero-order valence-corrected chi connectivity index (χ0v) is 23.1. The molecule has 0 saturated carbocycles. The van der Waals surface area contributed by atoms with Crippen LogP contribution in [-0.4, -0.2) is 38.0 Å². The molecule has 0 saturated heterocycles. The van der Waals surface area contributed by atoms with Gasteiger partial charge in [0.1, 0.15) is 11.7 Å². The molecule has 38 heavy (non-hydrogen) atoms. The maximum Gasteiger partial charge on any atom is 0.336 e. The third-order valence-electron chi connectivity index (χ3n) is 6.87. The monoisotopic (exact) mass is 557 g/mol. The van der Waals surface area contributed by atoms with Crippen LogP contribution in [-0.2, 0) is 23.9 Å². The molecule has 0 spiro atoms. The maximum atomic E-state index is 14.4. The van der Waals surface area contributed by atoms with E-state index in [2.05, 4.69) is 5.32 Å². The lowest BCUT2D eigenvalue weighted by atomic mass is 9.67. The summed E-state index contributed by atoms with van der Waals surface area (Å²) in [5, 5.41) is 3.98. The third kappa shape index (κ3) is 5.05. The molecule has 1 aliphatic carbocycles. The quantitative estimate of drug-likeness (QED) is 0.344. The molecule has 0 fully saturated rings. The molecule has 0 radical (unpaired) electrons. The number of allylic oxidation sites excluding steroid dienone is 3. The van der Waals surface area contributed by atoms with E-state index < -0.39 is 35.5 Å². The first-order valence-corrected chi connectivity index (χ1v) is 13.2. The van der Waals surface area contributed by atoms with Crippen LogP contribution in [0.1, 0.15) is 50.2 Å². The molecule has 0 aromatic heterocycles. The van der Waals surface area contributed by atoms with Gasteiger partial charge in [0.25, 0.3) is 0 Å². The predicted octanol–water partition coefficient (Wildman–Crippen LogP) is 5.72.